The molecule has 1 saturated heterocycles. The third kappa shape index (κ3) is 4.00. The van der Waals surface area contributed by atoms with Crippen LogP contribution in [0.5, 0.6) is 11.5 Å². The van der Waals surface area contributed by atoms with Gasteiger partial charge in [0.25, 0.3) is 5.91 Å². The number of carbonyl (C=O) groups excluding carboxylic acids is 1. The Bertz CT molecular complexity index is 1100. The zero-order valence-electron chi connectivity index (χ0n) is 17.8. The molecular formula is C22H26N2O6S. The number of rotatable bonds is 5. The number of nitrogens with zero attached hydrogens (tertiary/aromatic N) is 1. The van der Waals surface area contributed by atoms with E-state index in [0.717, 1.165) is 5.56 Å². The van der Waals surface area contributed by atoms with Gasteiger partial charge in [-0.15, -0.1) is 0 Å². The van der Waals surface area contributed by atoms with Crippen LogP contribution >= 0.6 is 0 Å². The number of benzene rings is 2. The van der Waals surface area contributed by atoms with Crippen molar-refractivity contribution in [2.45, 2.75) is 30.8 Å². The zero-order valence-corrected chi connectivity index (χ0v) is 18.6. The molecule has 0 saturated carbocycles. The van der Waals surface area contributed by atoms with Gasteiger partial charge in [0.1, 0.15) is 22.5 Å². The van der Waals surface area contributed by atoms with Gasteiger partial charge >= 0.3 is 0 Å². The second-order valence-corrected chi connectivity index (χ2v) is 9.58. The first kappa shape index (κ1) is 21.6. The fourth-order valence-corrected chi connectivity index (χ4v) is 5.43. The van der Waals surface area contributed by atoms with E-state index >= 15 is 0 Å². The molecule has 2 aliphatic heterocycles. The van der Waals surface area contributed by atoms with Crippen molar-refractivity contribution < 1.29 is 27.4 Å². The number of hydrogen-bond donors (Lipinski definition) is 1. The van der Waals surface area contributed by atoms with E-state index in [4.69, 9.17) is 14.2 Å². The van der Waals surface area contributed by atoms with Crippen LogP contribution in [0.25, 0.3) is 0 Å². The molecular weight excluding hydrogens is 420 g/mol. The standard InChI is InChI=1S/C22H26N2O6S/c1-14-15(2)30-21-17(14)5-4-6-18(21)22(25)23-16-7-8-19(28-3)20(13-16)31(26,27)24-9-11-29-12-10-24/h4-8,13-15H,9-12H2,1-3H3,(H,23,25)/t14-,15+/m1/s1. The fourth-order valence-electron chi connectivity index (χ4n) is 3.85. The first-order valence-corrected chi connectivity index (χ1v) is 11.6. The molecule has 1 amide bonds. The van der Waals surface area contributed by atoms with Gasteiger partial charge in [-0.3, -0.25) is 4.79 Å². The Balaban J connectivity index is 1.64. The molecule has 0 aromatic heterocycles. The largest absolute Gasteiger partial charge is 0.495 e. The highest BCUT2D eigenvalue weighted by molar-refractivity contribution is 7.89. The molecule has 2 atom stereocenters. The predicted octanol–water partition coefficient (Wildman–Crippen LogP) is 2.85. The molecule has 166 valence electrons. The van der Waals surface area contributed by atoms with Crippen LogP contribution in [-0.2, 0) is 14.8 Å². The van der Waals surface area contributed by atoms with Crippen molar-refractivity contribution in [3.8, 4) is 11.5 Å². The van der Waals surface area contributed by atoms with Gasteiger partial charge in [-0.2, -0.15) is 4.31 Å². The summed E-state index contributed by atoms with van der Waals surface area (Å²) in [5.74, 6) is 0.623. The van der Waals surface area contributed by atoms with Gasteiger partial charge in [0.05, 0.1) is 25.9 Å². The zero-order chi connectivity index (χ0) is 22.2. The Morgan fingerprint density at radius 1 is 1.16 bits per heavy atom. The number of hydrogen-bond acceptors (Lipinski definition) is 6. The quantitative estimate of drug-likeness (QED) is 0.759. The lowest BCUT2D eigenvalue weighted by molar-refractivity contribution is 0.0729. The topological polar surface area (TPSA) is 94.2 Å². The van der Waals surface area contributed by atoms with Crippen LogP contribution in [0.4, 0.5) is 5.69 Å². The number of carbonyl (C=O) groups is 1. The molecule has 1 fully saturated rings. The van der Waals surface area contributed by atoms with E-state index in [-0.39, 0.29) is 41.7 Å². The van der Waals surface area contributed by atoms with Crippen molar-refractivity contribution in [2.24, 2.45) is 0 Å². The monoisotopic (exact) mass is 446 g/mol. The summed E-state index contributed by atoms with van der Waals surface area (Å²) in [4.78, 5) is 13.0. The van der Waals surface area contributed by atoms with E-state index in [1.807, 2.05) is 19.1 Å². The molecule has 0 bridgehead atoms. The first-order valence-electron chi connectivity index (χ1n) is 10.2. The van der Waals surface area contributed by atoms with Crippen LogP contribution in [0.1, 0.15) is 35.7 Å². The molecule has 1 N–H and O–H groups in total. The van der Waals surface area contributed by atoms with Crippen LogP contribution in [0.2, 0.25) is 0 Å². The van der Waals surface area contributed by atoms with Crippen molar-refractivity contribution in [2.75, 3.05) is 38.7 Å². The molecule has 4 rings (SSSR count). The Hall–Kier alpha value is -2.62. The van der Waals surface area contributed by atoms with Crippen molar-refractivity contribution >= 4 is 21.6 Å². The van der Waals surface area contributed by atoms with E-state index in [9.17, 15) is 13.2 Å². The number of morpholine rings is 1. The lowest BCUT2D eigenvalue weighted by Gasteiger charge is -2.26. The smallest absolute Gasteiger partial charge is 0.259 e. The fraction of sp³-hybridized carbons (Fsp3) is 0.409. The van der Waals surface area contributed by atoms with Crippen LogP contribution in [0.3, 0.4) is 0 Å². The second-order valence-electron chi connectivity index (χ2n) is 7.67. The van der Waals surface area contributed by atoms with Gasteiger partial charge in [-0.05, 0) is 31.2 Å². The molecule has 2 aromatic rings. The van der Waals surface area contributed by atoms with Gasteiger partial charge in [0, 0.05) is 30.3 Å². The van der Waals surface area contributed by atoms with Crippen molar-refractivity contribution in [1.29, 1.82) is 0 Å². The molecule has 8 nitrogen and oxygen atoms in total. The number of anilines is 1. The Morgan fingerprint density at radius 2 is 1.90 bits per heavy atom. The average molecular weight is 447 g/mol. The van der Waals surface area contributed by atoms with Gasteiger partial charge in [-0.1, -0.05) is 19.1 Å². The Kier molecular flexibility index (Phi) is 5.92. The summed E-state index contributed by atoms with van der Waals surface area (Å²) in [6.45, 7) is 5.25. The van der Waals surface area contributed by atoms with E-state index in [0.29, 0.717) is 30.2 Å². The van der Waals surface area contributed by atoms with E-state index in [2.05, 4.69) is 12.2 Å². The number of methoxy groups -OCH3 is 1. The first-order chi connectivity index (χ1) is 14.8. The molecule has 2 heterocycles. The summed E-state index contributed by atoms with van der Waals surface area (Å²) in [5, 5.41) is 2.80. The molecule has 2 aliphatic rings. The van der Waals surface area contributed by atoms with Gasteiger partial charge < -0.3 is 19.5 Å². The van der Waals surface area contributed by atoms with Crippen molar-refractivity contribution in [1.82, 2.24) is 4.31 Å². The highest BCUT2D eigenvalue weighted by atomic mass is 32.2. The summed E-state index contributed by atoms with van der Waals surface area (Å²) in [5.41, 5.74) is 1.77. The SMILES string of the molecule is COc1ccc(NC(=O)c2cccc3c2O[C@@H](C)[C@H]3C)cc1S(=O)(=O)N1CCOCC1. The van der Waals surface area contributed by atoms with Gasteiger partial charge in [0.2, 0.25) is 10.0 Å². The van der Waals surface area contributed by atoms with E-state index < -0.39 is 10.0 Å². The molecule has 2 aromatic carbocycles. The summed E-state index contributed by atoms with van der Waals surface area (Å²) < 4.78 is 44.1. The van der Waals surface area contributed by atoms with Gasteiger partial charge in [-0.25, -0.2) is 8.42 Å². The molecule has 0 aliphatic carbocycles. The summed E-state index contributed by atoms with van der Waals surface area (Å²) in [6, 6.07) is 10.1. The number of ether oxygens (including phenoxy) is 3. The minimum atomic E-state index is -3.80. The van der Waals surface area contributed by atoms with Crippen LogP contribution in [0, 0.1) is 0 Å². The third-order valence-electron chi connectivity index (χ3n) is 5.80. The molecule has 31 heavy (non-hydrogen) atoms. The highest BCUT2D eigenvalue weighted by Gasteiger charge is 2.32. The summed E-state index contributed by atoms with van der Waals surface area (Å²) in [7, 11) is -2.38. The maximum atomic E-state index is 13.2. The van der Waals surface area contributed by atoms with Gasteiger partial charge in [0.15, 0.2) is 0 Å². The van der Waals surface area contributed by atoms with E-state index in [1.165, 1.54) is 17.5 Å². The van der Waals surface area contributed by atoms with Crippen LogP contribution in [-0.4, -0.2) is 58.1 Å². The van der Waals surface area contributed by atoms with E-state index in [1.54, 1.807) is 18.2 Å². The average Bonchev–Trinajstić information content (AvgIpc) is 3.08. The van der Waals surface area contributed by atoms with Crippen LogP contribution < -0.4 is 14.8 Å². The number of amides is 1. The third-order valence-corrected chi connectivity index (χ3v) is 7.72. The summed E-state index contributed by atoms with van der Waals surface area (Å²) >= 11 is 0. The number of para-hydroxylation sites is 1. The normalized spacial score (nSPS) is 21.3. The molecule has 0 radical (unpaired) electrons. The maximum Gasteiger partial charge on any atom is 0.259 e. The minimum absolute atomic E-state index is 0.00600. The Morgan fingerprint density at radius 3 is 2.61 bits per heavy atom. The minimum Gasteiger partial charge on any atom is -0.495 e. The second kappa shape index (κ2) is 8.49. The number of nitrogens with one attached hydrogen (secondary N) is 1. The predicted molar refractivity (Wildman–Crippen MR) is 115 cm³/mol. The van der Waals surface area contributed by atoms with Crippen molar-refractivity contribution in [3.63, 3.8) is 0 Å². The summed E-state index contributed by atoms with van der Waals surface area (Å²) in [6.07, 6.45) is -0.0183. The lowest BCUT2D eigenvalue weighted by atomic mass is 9.97. The highest BCUT2D eigenvalue weighted by Crippen LogP contribution is 2.40. The molecule has 0 unspecified atom stereocenters. The maximum absolute atomic E-state index is 13.2. The number of fused-ring (bicyclic) bond motifs is 1. The Labute approximate surface area is 182 Å². The number of sulfonamides is 1. The van der Waals surface area contributed by atoms with Crippen molar-refractivity contribution in [3.05, 3.63) is 47.5 Å². The molecule has 0 spiro atoms. The lowest BCUT2D eigenvalue weighted by Crippen LogP contribution is -2.40. The molecule has 9 heteroatoms. The van der Waals surface area contributed by atoms with Crippen LogP contribution in [0.15, 0.2) is 41.3 Å².